The van der Waals surface area contributed by atoms with Gasteiger partial charge >= 0.3 is 12.1 Å². The van der Waals surface area contributed by atoms with E-state index in [9.17, 15) is 27.6 Å². The summed E-state index contributed by atoms with van der Waals surface area (Å²) in [7, 11) is 0. The number of hydrogen-bond donors (Lipinski definition) is 3. The molecule has 116 valence electrons. The van der Waals surface area contributed by atoms with E-state index < -0.39 is 40.9 Å². The number of rotatable bonds is 5. The predicted octanol–water partition coefficient (Wildman–Crippen LogP) is 1.38. The van der Waals surface area contributed by atoms with Crippen molar-refractivity contribution in [2.75, 3.05) is 0 Å². The molecule has 0 bridgehead atoms. The molecule has 0 radical (unpaired) electrons. The second-order valence-corrected chi connectivity index (χ2v) is 4.27. The Balaban J connectivity index is 2.98. The van der Waals surface area contributed by atoms with Gasteiger partial charge in [-0.1, -0.05) is 13.3 Å². The Labute approximate surface area is 117 Å². The summed E-state index contributed by atoms with van der Waals surface area (Å²) in [5.74, 6) is -2.32. The molecule has 0 saturated heterocycles. The molecule has 1 heterocycles. The zero-order valence-electron chi connectivity index (χ0n) is 11.0. The highest BCUT2D eigenvalue weighted by atomic mass is 19.4. The summed E-state index contributed by atoms with van der Waals surface area (Å²) in [5, 5.41) is 11.0. The number of aromatic amines is 1. The van der Waals surface area contributed by atoms with Gasteiger partial charge in [-0.3, -0.25) is 9.59 Å². The summed E-state index contributed by atoms with van der Waals surface area (Å²) in [6.07, 6.45) is -4.12. The fourth-order valence-electron chi connectivity index (χ4n) is 1.60. The summed E-state index contributed by atoms with van der Waals surface area (Å²) in [5.41, 5.74) is -3.10. The number of carboxylic acid groups (broad SMARTS) is 1. The third kappa shape index (κ3) is 4.33. The van der Waals surface area contributed by atoms with Gasteiger partial charge in [-0.25, -0.2) is 4.79 Å². The Morgan fingerprint density at radius 3 is 2.43 bits per heavy atom. The van der Waals surface area contributed by atoms with E-state index in [1.54, 1.807) is 11.9 Å². The maximum Gasteiger partial charge on any atom is 0.431 e. The summed E-state index contributed by atoms with van der Waals surface area (Å²) >= 11 is 0. The lowest BCUT2D eigenvalue weighted by molar-refractivity contribution is -0.141. The standard InChI is InChI=1S/C12H13F3N2O4/c1-2-3-7(11(20)21)16-9(18)6-4-5-8(12(13,14)15)17-10(6)19/h4-5,7H,2-3H2,1H3,(H,16,18)(H,17,19)(H,20,21)/t7-/m0/s1. The summed E-state index contributed by atoms with van der Waals surface area (Å²) in [6, 6.07) is 0.0532. The number of carbonyl (C=O) groups is 2. The molecular weight excluding hydrogens is 293 g/mol. The highest BCUT2D eigenvalue weighted by Crippen LogP contribution is 2.26. The van der Waals surface area contributed by atoms with Crippen molar-refractivity contribution in [1.29, 1.82) is 0 Å². The first-order valence-electron chi connectivity index (χ1n) is 6.01. The smallest absolute Gasteiger partial charge is 0.431 e. The van der Waals surface area contributed by atoms with Crippen molar-refractivity contribution in [3.63, 3.8) is 0 Å². The molecule has 0 aliphatic heterocycles. The van der Waals surface area contributed by atoms with Crippen LogP contribution in [0.4, 0.5) is 13.2 Å². The molecular formula is C12H13F3N2O4. The van der Waals surface area contributed by atoms with Crippen LogP contribution >= 0.6 is 0 Å². The normalized spacial score (nSPS) is 12.8. The van der Waals surface area contributed by atoms with E-state index >= 15 is 0 Å². The van der Waals surface area contributed by atoms with E-state index in [1.165, 1.54) is 0 Å². The molecule has 0 spiro atoms. The molecule has 3 N–H and O–H groups in total. The van der Waals surface area contributed by atoms with E-state index in [1.807, 2.05) is 0 Å². The van der Waals surface area contributed by atoms with Crippen LogP contribution in [0.25, 0.3) is 0 Å². The number of pyridine rings is 1. The number of amides is 1. The number of hydrogen-bond acceptors (Lipinski definition) is 3. The van der Waals surface area contributed by atoms with Crippen LogP contribution in [0.1, 0.15) is 35.8 Å². The highest BCUT2D eigenvalue weighted by molar-refractivity contribution is 5.96. The van der Waals surface area contributed by atoms with E-state index in [2.05, 4.69) is 5.32 Å². The number of nitrogens with one attached hydrogen (secondary N) is 2. The first-order chi connectivity index (χ1) is 9.66. The lowest BCUT2D eigenvalue weighted by Gasteiger charge is -2.13. The van der Waals surface area contributed by atoms with Crippen LogP contribution in [-0.2, 0) is 11.0 Å². The molecule has 0 unspecified atom stereocenters. The van der Waals surface area contributed by atoms with Gasteiger partial charge in [0.15, 0.2) is 0 Å². The zero-order chi connectivity index (χ0) is 16.2. The maximum atomic E-state index is 12.4. The molecule has 6 nitrogen and oxygen atoms in total. The van der Waals surface area contributed by atoms with Crippen molar-refractivity contribution in [2.45, 2.75) is 32.0 Å². The molecule has 0 aliphatic rings. The minimum absolute atomic E-state index is 0.139. The average Bonchev–Trinajstić information content (AvgIpc) is 2.36. The van der Waals surface area contributed by atoms with Gasteiger partial charge in [0.05, 0.1) is 0 Å². The van der Waals surface area contributed by atoms with Gasteiger partial charge in [-0.15, -0.1) is 0 Å². The summed E-state index contributed by atoms with van der Waals surface area (Å²) < 4.78 is 37.1. The number of aromatic nitrogens is 1. The van der Waals surface area contributed by atoms with Crippen LogP contribution in [0, 0.1) is 0 Å². The van der Waals surface area contributed by atoms with Crippen molar-refractivity contribution < 1.29 is 27.9 Å². The number of H-pyrrole nitrogens is 1. The number of carboxylic acids is 1. The van der Waals surface area contributed by atoms with E-state index in [-0.39, 0.29) is 6.42 Å². The molecule has 1 atom stereocenters. The van der Waals surface area contributed by atoms with Gasteiger partial charge in [0.1, 0.15) is 17.3 Å². The van der Waals surface area contributed by atoms with Crippen LogP contribution in [0.5, 0.6) is 0 Å². The summed E-state index contributed by atoms with van der Waals surface area (Å²) in [6.45, 7) is 1.70. The minimum atomic E-state index is -4.74. The Bertz CT molecular complexity index is 595. The fourth-order valence-corrected chi connectivity index (χ4v) is 1.60. The number of alkyl halides is 3. The molecule has 1 rings (SSSR count). The van der Waals surface area contributed by atoms with Gasteiger partial charge in [-0.05, 0) is 18.6 Å². The van der Waals surface area contributed by atoms with Crippen molar-refractivity contribution in [1.82, 2.24) is 10.3 Å². The largest absolute Gasteiger partial charge is 0.480 e. The van der Waals surface area contributed by atoms with Gasteiger partial charge in [0.25, 0.3) is 11.5 Å². The Hall–Kier alpha value is -2.32. The lowest BCUT2D eigenvalue weighted by atomic mass is 10.1. The monoisotopic (exact) mass is 306 g/mol. The maximum absolute atomic E-state index is 12.4. The molecule has 9 heteroatoms. The van der Waals surface area contributed by atoms with Crippen LogP contribution in [0.2, 0.25) is 0 Å². The minimum Gasteiger partial charge on any atom is -0.480 e. The van der Waals surface area contributed by atoms with Gasteiger partial charge in [0.2, 0.25) is 0 Å². The van der Waals surface area contributed by atoms with Gasteiger partial charge < -0.3 is 15.4 Å². The van der Waals surface area contributed by atoms with Crippen LogP contribution < -0.4 is 10.9 Å². The second-order valence-electron chi connectivity index (χ2n) is 4.27. The Morgan fingerprint density at radius 2 is 2.00 bits per heavy atom. The second kappa shape index (κ2) is 6.42. The first-order valence-corrected chi connectivity index (χ1v) is 6.01. The van der Waals surface area contributed by atoms with Crippen molar-refractivity contribution in [2.24, 2.45) is 0 Å². The predicted molar refractivity (Wildman–Crippen MR) is 65.9 cm³/mol. The highest BCUT2D eigenvalue weighted by Gasteiger charge is 2.32. The molecule has 0 saturated carbocycles. The van der Waals surface area contributed by atoms with Gasteiger partial charge in [-0.2, -0.15) is 13.2 Å². The number of aliphatic carboxylic acids is 1. The van der Waals surface area contributed by atoms with Crippen molar-refractivity contribution in [3.05, 3.63) is 33.7 Å². The van der Waals surface area contributed by atoms with Crippen molar-refractivity contribution in [3.8, 4) is 0 Å². The molecule has 1 amide bonds. The quantitative estimate of drug-likeness (QED) is 0.765. The molecule has 0 aliphatic carbocycles. The molecule has 0 aromatic carbocycles. The number of halogens is 3. The van der Waals surface area contributed by atoms with Crippen LogP contribution in [-0.4, -0.2) is 28.0 Å². The lowest BCUT2D eigenvalue weighted by Crippen LogP contribution is -2.42. The molecule has 1 aromatic heterocycles. The molecule has 0 fully saturated rings. The average molecular weight is 306 g/mol. The van der Waals surface area contributed by atoms with E-state index in [0.717, 1.165) is 0 Å². The summed E-state index contributed by atoms with van der Waals surface area (Å²) in [4.78, 5) is 35.6. The topological polar surface area (TPSA) is 99.3 Å². The third-order valence-electron chi connectivity index (χ3n) is 2.64. The van der Waals surface area contributed by atoms with E-state index in [4.69, 9.17) is 5.11 Å². The Kier molecular flexibility index (Phi) is 5.12. The van der Waals surface area contributed by atoms with Gasteiger partial charge in [0, 0.05) is 0 Å². The third-order valence-corrected chi connectivity index (χ3v) is 2.64. The number of carbonyl (C=O) groups excluding carboxylic acids is 1. The molecule has 1 aromatic rings. The van der Waals surface area contributed by atoms with E-state index in [0.29, 0.717) is 18.6 Å². The van der Waals surface area contributed by atoms with Crippen LogP contribution in [0.3, 0.4) is 0 Å². The van der Waals surface area contributed by atoms with Crippen LogP contribution in [0.15, 0.2) is 16.9 Å². The van der Waals surface area contributed by atoms with Crippen molar-refractivity contribution >= 4 is 11.9 Å². The molecule has 21 heavy (non-hydrogen) atoms. The SMILES string of the molecule is CCC[C@H](NC(=O)c1ccc(C(F)(F)F)[nH]c1=O)C(=O)O. The first kappa shape index (κ1) is 16.7. The zero-order valence-corrected chi connectivity index (χ0v) is 11.0. The fraction of sp³-hybridized carbons (Fsp3) is 0.417. The Morgan fingerprint density at radius 1 is 1.38 bits per heavy atom.